The van der Waals surface area contributed by atoms with Crippen LogP contribution in [0.2, 0.25) is 0 Å². The normalized spacial score (nSPS) is 17.1. The number of alkyl halides is 1. The van der Waals surface area contributed by atoms with Gasteiger partial charge < -0.3 is 4.90 Å². The highest BCUT2D eigenvalue weighted by atomic mass is 127. The minimum Gasteiger partial charge on any atom is -0.304 e. The van der Waals surface area contributed by atoms with Crippen molar-refractivity contribution >= 4 is 45.3 Å². The van der Waals surface area contributed by atoms with Gasteiger partial charge in [0.1, 0.15) is 5.82 Å². The van der Waals surface area contributed by atoms with Gasteiger partial charge in [0.15, 0.2) is 0 Å². The molecule has 4 rings (SSSR count). The van der Waals surface area contributed by atoms with Crippen molar-refractivity contribution in [2.24, 2.45) is 0 Å². The molecule has 28 heavy (non-hydrogen) atoms. The number of anilines is 1. The van der Waals surface area contributed by atoms with Gasteiger partial charge in [0, 0.05) is 10.1 Å². The first-order chi connectivity index (χ1) is 13.7. The third-order valence-corrected chi connectivity index (χ3v) is 6.02. The lowest BCUT2D eigenvalue weighted by atomic mass is 9.85. The largest absolute Gasteiger partial charge is 0.304 e. The predicted molar refractivity (Wildman–Crippen MR) is 121 cm³/mol. The van der Waals surface area contributed by atoms with Gasteiger partial charge in [-0.05, 0) is 47.4 Å². The van der Waals surface area contributed by atoms with Crippen molar-refractivity contribution in [2.45, 2.75) is 12.5 Å². The van der Waals surface area contributed by atoms with Crippen LogP contribution in [-0.2, 0) is 4.79 Å². The summed E-state index contributed by atoms with van der Waals surface area (Å²) in [4.78, 5) is 15.6. The number of carbonyl (C=O) groups excluding carboxylic acids is 1. The molecule has 0 aliphatic carbocycles. The van der Waals surface area contributed by atoms with Crippen LogP contribution in [-0.4, -0.2) is 16.4 Å². The van der Waals surface area contributed by atoms with Crippen molar-refractivity contribution in [1.29, 1.82) is 0 Å². The van der Waals surface area contributed by atoms with E-state index in [1.54, 1.807) is 12.1 Å². The smallest absolute Gasteiger partial charge is 0.259 e. The average molecular weight is 483 g/mol. The van der Waals surface area contributed by atoms with Crippen molar-refractivity contribution in [3.8, 4) is 0 Å². The molecule has 0 fully saturated rings. The lowest BCUT2D eigenvalue weighted by Crippen LogP contribution is -2.45. The van der Waals surface area contributed by atoms with Crippen LogP contribution in [0, 0.1) is 5.82 Å². The third kappa shape index (κ3) is 3.61. The van der Waals surface area contributed by atoms with Crippen LogP contribution >= 0.6 is 22.6 Å². The number of benzene rings is 3. The zero-order chi connectivity index (χ0) is 19.5. The average Bonchev–Trinajstić information content (AvgIpc) is 2.75. The van der Waals surface area contributed by atoms with Crippen LogP contribution in [0.1, 0.15) is 17.5 Å². The van der Waals surface area contributed by atoms with Crippen molar-refractivity contribution in [1.82, 2.24) is 0 Å². The fourth-order valence-electron chi connectivity index (χ4n) is 3.70. The van der Waals surface area contributed by atoms with E-state index in [9.17, 15) is 9.18 Å². The second kappa shape index (κ2) is 8.27. The van der Waals surface area contributed by atoms with E-state index in [0.717, 1.165) is 38.8 Å². The van der Waals surface area contributed by atoms with Gasteiger partial charge in [-0.15, -0.1) is 0 Å². The first-order valence-corrected chi connectivity index (χ1v) is 10.7. The SMILES string of the molecule is O=C1C(c2ccccc2)=C(c2ccccc2)CC(CI)N1c1ccc(F)cc1. The number of nitrogens with zero attached hydrogens (tertiary/aromatic N) is 1. The zero-order valence-electron chi connectivity index (χ0n) is 15.2. The molecule has 2 nitrogen and oxygen atoms in total. The van der Waals surface area contributed by atoms with E-state index in [1.807, 2.05) is 53.4 Å². The highest BCUT2D eigenvalue weighted by molar-refractivity contribution is 14.1. The maximum atomic E-state index is 13.7. The van der Waals surface area contributed by atoms with Gasteiger partial charge in [-0.3, -0.25) is 4.79 Å². The summed E-state index contributed by atoms with van der Waals surface area (Å²) in [5.41, 5.74) is 4.50. The maximum absolute atomic E-state index is 13.7. The van der Waals surface area contributed by atoms with Crippen LogP contribution in [0.3, 0.4) is 0 Å². The first kappa shape index (κ1) is 18.9. The van der Waals surface area contributed by atoms with Crippen molar-refractivity contribution in [2.75, 3.05) is 9.33 Å². The van der Waals surface area contributed by atoms with Crippen molar-refractivity contribution in [3.63, 3.8) is 0 Å². The predicted octanol–water partition coefficient (Wildman–Crippen LogP) is 5.98. The first-order valence-electron chi connectivity index (χ1n) is 9.18. The molecule has 0 radical (unpaired) electrons. The molecule has 3 aromatic rings. The second-order valence-electron chi connectivity index (χ2n) is 6.75. The van der Waals surface area contributed by atoms with Gasteiger partial charge in [0.25, 0.3) is 5.91 Å². The highest BCUT2D eigenvalue weighted by Gasteiger charge is 2.35. The zero-order valence-corrected chi connectivity index (χ0v) is 17.3. The Balaban J connectivity index is 1.90. The van der Waals surface area contributed by atoms with Crippen LogP contribution in [0.15, 0.2) is 84.9 Å². The second-order valence-corrected chi connectivity index (χ2v) is 7.63. The van der Waals surface area contributed by atoms with Gasteiger partial charge >= 0.3 is 0 Å². The molecule has 1 unspecified atom stereocenters. The molecule has 1 heterocycles. The summed E-state index contributed by atoms with van der Waals surface area (Å²) in [5, 5.41) is 0. The Hall–Kier alpha value is -2.47. The minimum absolute atomic E-state index is 0.0150. The van der Waals surface area contributed by atoms with Gasteiger partial charge in [-0.25, -0.2) is 4.39 Å². The van der Waals surface area contributed by atoms with Gasteiger partial charge in [-0.1, -0.05) is 83.3 Å². The number of rotatable bonds is 4. The molecular weight excluding hydrogens is 464 g/mol. The lowest BCUT2D eigenvalue weighted by Gasteiger charge is -2.37. The Morgan fingerprint density at radius 3 is 2.00 bits per heavy atom. The van der Waals surface area contributed by atoms with E-state index < -0.39 is 0 Å². The molecule has 0 saturated heterocycles. The van der Waals surface area contributed by atoms with E-state index in [1.165, 1.54) is 12.1 Å². The quantitative estimate of drug-likeness (QED) is 0.331. The molecule has 1 atom stereocenters. The Kier molecular flexibility index (Phi) is 5.57. The van der Waals surface area contributed by atoms with E-state index in [2.05, 4.69) is 34.7 Å². The van der Waals surface area contributed by atoms with Crippen LogP contribution < -0.4 is 4.90 Å². The van der Waals surface area contributed by atoms with Crippen LogP contribution in [0.4, 0.5) is 10.1 Å². The highest BCUT2D eigenvalue weighted by Crippen LogP contribution is 2.39. The number of carbonyl (C=O) groups is 1. The molecule has 4 heteroatoms. The van der Waals surface area contributed by atoms with Crippen molar-refractivity contribution < 1.29 is 9.18 Å². The van der Waals surface area contributed by atoms with Gasteiger partial charge in [0.2, 0.25) is 0 Å². The van der Waals surface area contributed by atoms with Crippen LogP contribution in [0.25, 0.3) is 11.1 Å². The van der Waals surface area contributed by atoms with Gasteiger partial charge in [-0.2, -0.15) is 0 Å². The Morgan fingerprint density at radius 2 is 1.43 bits per heavy atom. The summed E-state index contributed by atoms with van der Waals surface area (Å²) in [6, 6.07) is 26.1. The van der Waals surface area contributed by atoms with E-state index >= 15 is 0 Å². The summed E-state index contributed by atoms with van der Waals surface area (Å²) in [5.74, 6) is -0.340. The standard InChI is InChI=1S/C24H19FINO/c25-19-11-13-20(14-12-19)27-21(16-26)15-22(17-7-3-1-4-8-17)23(24(27)28)18-9-5-2-6-10-18/h1-14,21H,15-16H2. The molecule has 1 aliphatic heterocycles. The summed E-state index contributed by atoms with van der Waals surface area (Å²) in [6.45, 7) is 0. The molecule has 0 spiro atoms. The fraction of sp³-hybridized carbons (Fsp3) is 0.125. The Bertz CT molecular complexity index is 1000. The minimum atomic E-state index is -0.303. The number of amides is 1. The lowest BCUT2D eigenvalue weighted by molar-refractivity contribution is -0.113. The summed E-state index contributed by atoms with van der Waals surface area (Å²) >= 11 is 2.33. The topological polar surface area (TPSA) is 20.3 Å². The molecule has 0 saturated carbocycles. The van der Waals surface area contributed by atoms with E-state index in [-0.39, 0.29) is 17.8 Å². The number of hydrogen-bond donors (Lipinski definition) is 0. The summed E-state index contributed by atoms with van der Waals surface area (Å²) in [7, 11) is 0. The molecule has 140 valence electrons. The molecule has 1 aliphatic rings. The Labute approximate surface area is 177 Å². The van der Waals surface area contributed by atoms with Gasteiger partial charge in [0.05, 0.1) is 11.6 Å². The fourth-order valence-corrected chi connectivity index (χ4v) is 4.41. The van der Waals surface area contributed by atoms with E-state index in [0.29, 0.717) is 0 Å². The molecule has 0 N–H and O–H groups in total. The monoisotopic (exact) mass is 483 g/mol. The molecule has 0 bridgehead atoms. The molecular formula is C24H19FINO. The number of hydrogen-bond acceptors (Lipinski definition) is 1. The van der Waals surface area contributed by atoms with Crippen molar-refractivity contribution in [3.05, 3.63) is 102 Å². The summed E-state index contributed by atoms with van der Waals surface area (Å²) in [6.07, 6.45) is 0.750. The third-order valence-electron chi connectivity index (χ3n) is 5.01. The van der Waals surface area contributed by atoms with Crippen LogP contribution in [0.5, 0.6) is 0 Å². The molecule has 1 amide bonds. The Morgan fingerprint density at radius 1 is 0.857 bits per heavy atom. The summed E-state index contributed by atoms with van der Waals surface area (Å²) < 4.78 is 14.2. The van der Waals surface area contributed by atoms with E-state index in [4.69, 9.17) is 0 Å². The maximum Gasteiger partial charge on any atom is 0.259 e. The molecule has 0 aromatic heterocycles. The molecule has 3 aromatic carbocycles. The number of halogens is 2.